The maximum absolute atomic E-state index is 12.0. The number of rotatable bonds is 5. The van der Waals surface area contributed by atoms with Crippen molar-refractivity contribution in [3.05, 3.63) is 58.4 Å². The van der Waals surface area contributed by atoms with Crippen LogP contribution in [0.15, 0.2) is 41.2 Å². The first-order chi connectivity index (χ1) is 11.0. The molecule has 1 amide bonds. The molecule has 0 saturated carbocycles. The highest BCUT2D eigenvalue weighted by Crippen LogP contribution is 2.14. The first-order valence-corrected chi connectivity index (χ1v) is 6.58. The molecule has 10 heteroatoms. The maximum atomic E-state index is 12.0. The van der Waals surface area contributed by atoms with Crippen molar-refractivity contribution in [1.29, 1.82) is 0 Å². The molecule has 118 valence electrons. The van der Waals surface area contributed by atoms with Gasteiger partial charge in [-0.25, -0.2) is 0 Å². The predicted octanol–water partition coefficient (Wildman–Crippen LogP) is 1.42. The van der Waals surface area contributed by atoms with E-state index in [0.717, 1.165) is 6.20 Å². The minimum Gasteiger partial charge on any atom is -0.454 e. The van der Waals surface area contributed by atoms with Crippen LogP contribution in [0.1, 0.15) is 16.3 Å². The van der Waals surface area contributed by atoms with Crippen LogP contribution in [-0.2, 0) is 13.6 Å². The normalized spacial score (nSPS) is 10.7. The molecule has 0 radical (unpaired) electrons. The molecule has 0 spiro atoms. The number of furan rings is 1. The number of nitro groups is 1. The van der Waals surface area contributed by atoms with Crippen LogP contribution in [0, 0.1) is 10.1 Å². The van der Waals surface area contributed by atoms with Gasteiger partial charge in [-0.05, 0) is 12.1 Å². The van der Waals surface area contributed by atoms with Gasteiger partial charge in [0.15, 0.2) is 11.6 Å². The summed E-state index contributed by atoms with van der Waals surface area (Å²) in [7, 11) is 1.74. The fourth-order valence-corrected chi connectivity index (χ4v) is 1.94. The SMILES string of the molecule is Cn1ccc(NC(=O)c2ccc(Cn3cc([N+](=O)[O-])cn3)o2)n1. The molecule has 3 aromatic heterocycles. The quantitative estimate of drug-likeness (QED) is 0.561. The molecule has 0 fully saturated rings. The minimum absolute atomic E-state index is 0.107. The van der Waals surface area contributed by atoms with Gasteiger partial charge in [0.05, 0.1) is 11.5 Å². The zero-order valence-corrected chi connectivity index (χ0v) is 12.0. The molecule has 0 aliphatic heterocycles. The van der Waals surface area contributed by atoms with Crippen LogP contribution in [0.25, 0.3) is 0 Å². The summed E-state index contributed by atoms with van der Waals surface area (Å²) in [6, 6.07) is 4.79. The number of nitrogens with zero attached hydrogens (tertiary/aromatic N) is 5. The summed E-state index contributed by atoms with van der Waals surface area (Å²) in [5.41, 5.74) is -0.107. The first-order valence-electron chi connectivity index (χ1n) is 6.58. The maximum Gasteiger partial charge on any atom is 0.307 e. The number of hydrogen-bond acceptors (Lipinski definition) is 6. The van der Waals surface area contributed by atoms with Gasteiger partial charge >= 0.3 is 5.69 Å². The molecule has 0 aromatic carbocycles. The van der Waals surface area contributed by atoms with E-state index in [0.29, 0.717) is 11.6 Å². The highest BCUT2D eigenvalue weighted by molar-refractivity contribution is 6.01. The van der Waals surface area contributed by atoms with Crippen molar-refractivity contribution in [3.8, 4) is 0 Å². The van der Waals surface area contributed by atoms with Crippen molar-refractivity contribution in [1.82, 2.24) is 19.6 Å². The number of nitrogens with one attached hydrogen (secondary N) is 1. The highest BCUT2D eigenvalue weighted by atomic mass is 16.6. The Bertz CT molecular complexity index is 861. The lowest BCUT2D eigenvalue weighted by Crippen LogP contribution is -2.11. The Kier molecular flexibility index (Phi) is 3.63. The summed E-state index contributed by atoms with van der Waals surface area (Å²) in [5, 5.41) is 21.1. The molecule has 0 bridgehead atoms. The second-order valence-electron chi connectivity index (χ2n) is 4.75. The van der Waals surface area contributed by atoms with Gasteiger partial charge in [-0.2, -0.15) is 10.2 Å². The average molecular weight is 316 g/mol. The Hall–Kier alpha value is -3.43. The number of aromatic nitrogens is 4. The molecule has 0 aliphatic rings. The molecule has 0 unspecified atom stereocenters. The fraction of sp³-hybridized carbons (Fsp3) is 0.154. The molecular weight excluding hydrogens is 304 g/mol. The van der Waals surface area contributed by atoms with Crippen LogP contribution in [0.2, 0.25) is 0 Å². The van der Waals surface area contributed by atoms with Gasteiger partial charge in [0.1, 0.15) is 18.2 Å². The number of aryl methyl sites for hydroxylation is 1. The molecule has 3 aromatic rings. The predicted molar refractivity (Wildman–Crippen MR) is 77.9 cm³/mol. The third kappa shape index (κ3) is 3.26. The monoisotopic (exact) mass is 316 g/mol. The topological polar surface area (TPSA) is 121 Å². The van der Waals surface area contributed by atoms with Crippen LogP contribution in [-0.4, -0.2) is 30.4 Å². The van der Waals surface area contributed by atoms with Crippen LogP contribution in [0.4, 0.5) is 11.5 Å². The third-order valence-electron chi connectivity index (χ3n) is 2.99. The largest absolute Gasteiger partial charge is 0.454 e. The number of hydrogen-bond donors (Lipinski definition) is 1. The van der Waals surface area contributed by atoms with Gasteiger partial charge in [-0.15, -0.1) is 0 Å². The van der Waals surface area contributed by atoms with Gasteiger partial charge in [-0.3, -0.25) is 24.3 Å². The van der Waals surface area contributed by atoms with Gasteiger partial charge in [0.25, 0.3) is 5.91 Å². The summed E-state index contributed by atoms with van der Waals surface area (Å²) in [5.74, 6) is 0.557. The lowest BCUT2D eigenvalue weighted by molar-refractivity contribution is -0.385. The van der Waals surface area contributed by atoms with Crippen molar-refractivity contribution in [3.63, 3.8) is 0 Å². The smallest absolute Gasteiger partial charge is 0.307 e. The van der Waals surface area contributed by atoms with E-state index in [1.165, 1.54) is 16.9 Å². The van der Waals surface area contributed by atoms with E-state index in [1.54, 1.807) is 30.1 Å². The summed E-state index contributed by atoms with van der Waals surface area (Å²) < 4.78 is 8.34. The van der Waals surface area contributed by atoms with E-state index in [-0.39, 0.29) is 18.0 Å². The molecule has 23 heavy (non-hydrogen) atoms. The zero-order chi connectivity index (χ0) is 16.4. The van der Waals surface area contributed by atoms with Crippen LogP contribution < -0.4 is 5.32 Å². The van der Waals surface area contributed by atoms with Crippen molar-refractivity contribution < 1.29 is 14.1 Å². The van der Waals surface area contributed by atoms with Gasteiger partial charge in [0, 0.05) is 19.3 Å². The summed E-state index contributed by atoms with van der Waals surface area (Å²) in [6.07, 6.45) is 4.14. The lowest BCUT2D eigenvalue weighted by Gasteiger charge is -1.99. The minimum atomic E-state index is -0.530. The number of carbonyl (C=O) groups is 1. The molecule has 10 nitrogen and oxygen atoms in total. The highest BCUT2D eigenvalue weighted by Gasteiger charge is 2.14. The third-order valence-corrected chi connectivity index (χ3v) is 2.99. The lowest BCUT2D eigenvalue weighted by atomic mass is 10.4. The summed E-state index contributed by atoms with van der Waals surface area (Å²) in [6.45, 7) is 0.185. The molecule has 0 aliphatic carbocycles. The number of anilines is 1. The van der Waals surface area contributed by atoms with Crippen molar-refractivity contribution in [2.45, 2.75) is 6.54 Å². The van der Waals surface area contributed by atoms with Gasteiger partial charge in [0.2, 0.25) is 0 Å². The second-order valence-corrected chi connectivity index (χ2v) is 4.75. The Morgan fingerprint density at radius 1 is 1.43 bits per heavy atom. The average Bonchev–Trinajstić information content (AvgIpc) is 3.21. The van der Waals surface area contributed by atoms with E-state index in [2.05, 4.69) is 15.5 Å². The van der Waals surface area contributed by atoms with Crippen LogP contribution in [0.5, 0.6) is 0 Å². The van der Waals surface area contributed by atoms with Gasteiger partial charge < -0.3 is 9.73 Å². The van der Waals surface area contributed by atoms with Crippen molar-refractivity contribution in [2.24, 2.45) is 7.05 Å². The standard InChI is InChI=1S/C13H12N6O4/c1-17-5-4-12(16-17)15-13(20)11-3-2-10(23-11)8-18-7-9(6-14-18)19(21)22/h2-7H,8H2,1H3,(H,15,16,20). The van der Waals surface area contributed by atoms with E-state index in [4.69, 9.17) is 4.42 Å². The van der Waals surface area contributed by atoms with E-state index < -0.39 is 10.8 Å². The second kappa shape index (κ2) is 5.75. The molecule has 3 heterocycles. The number of carbonyl (C=O) groups excluding carboxylic acids is 1. The van der Waals surface area contributed by atoms with Crippen LogP contribution in [0.3, 0.4) is 0 Å². The zero-order valence-electron chi connectivity index (χ0n) is 12.0. The van der Waals surface area contributed by atoms with E-state index in [1.807, 2.05) is 0 Å². The fourth-order valence-electron chi connectivity index (χ4n) is 1.94. The molecule has 0 atom stereocenters. The Balaban J connectivity index is 1.67. The molecule has 3 rings (SSSR count). The van der Waals surface area contributed by atoms with Crippen molar-refractivity contribution in [2.75, 3.05) is 5.32 Å². The van der Waals surface area contributed by atoms with E-state index >= 15 is 0 Å². The molecular formula is C13H12N6O4. The Labute approximate surface area is 129 Å². The Morgan fingerprint density at radius 2 is 2.26 bits per heavy atom. The summed E-state index contributed by atoms with van der Waals surface area (Å²) in [4.78, 5) is 22.1. The number of amides is 1. The summed E-state index contributed by atoms with van der Waals surface area (Å²) >= 11 is 0. The van der Waals surface area contributed by atoms with Crippen LogP contribution >= 0.6 is 0 Å². The van der Waals surface area contributed by atoms with E-state index in [9.17, 15) is 14.9 Å². The Morgan fingerprint density at radius 3 is 2.91 bits per heavy atom. The molecule has 0 saturated heterocycles. The van der Waals surface area contributed by atoms with Crippen molar-refractivity contribution >= 4 is 17.4 Å². The first kappa shape index (κ1) is 14.5. The van der Waals surface area contributed by atoms with Gasteiger partial charge in [-0.1, -0.05) is 0 Å². The molecule has 1 N–H and O–H groups in total.